The smallest absolute Gasteiger partial charge is 0.229 e. The molecule has 0 amide bonds. The summed E-state index contributed by atoms with van der Waals surface area (Å²) in [5.41, 5.74) is 2.72. The van der Waals surface area contributed by atoms with Gasteiger partial charge in [-0.05, 0) is 37.1 Å². The second-order valence-electron chi connectivity index (χ2n) is 5.69. The van der Waals surface area contributed by atoms with Gasteiger partial charge < -0.3 is 10.6 Å². The van der Waals surface area contributed by atoms with Crippen LogP contribution in [0, 0.1) is 0 Å². The lowest BCUT2D eigenvalue weighted by atomic mass is 10.1. The Balaban J connectivity index is 1.61. The number of hydrogen-bond donors (Lipinski definition) is 2. The Labute approximate surface area is 147 Å². The van der Waals surface area contributed by atoms with E-state index in [1.165, 1.54) is 5.56 Å². The Morgan fingerprint density at radius 1 is 1.04 bits per heavy atom. The van der Waals surface area contributed by atoms with Crippen molar-refractivity contribution in [3.63, 3.8) is 0 Å². The Morgan fingerprint density at radius 3 is 2.68 bits per heavy atom. The maximum atomic E-state index is 11.5. The number of nitrogens with zero attached hydrogens (tertiary/aromatic N) is 2. The SMILES string of the molecule is CC(=O)c1cccc(Nc2nccc(NCCc3ccccc3)n2)c1. The summed E-state index contributed by atoms with van der Waals surface area (Å²) in [6.07, 6.45) is 2.63. The standard InChI is InChI=1S/C20H20N4O/c1-15(25)17-8-5-9-18(14-17)23-20-22-13-11-19(24-20)21-12-10-16-6-3-2-4-7-16/h2-9,11,13-14H,10,12H2,1H3,(H2,21,22,23,24). The van der Waals surface area contributed by atoms with Gasteiger partial charge in [-0.15, -0.1) is 0 Å². The molecule has 5 nitrogen and oxygen atoms in total. The van der Waals surface area contributed by atoms with Gasteiger partial charge in [-0.3, -0.25) is 4.79 Å². The van der Waals surface area contributed by atoms with Crippen LogP contribution in [-0.4, -0.2) is 22.3 Å². The van der Waals surface area contributed by atoms with Crippen LogP contribution in [-0.2, 0) is 6.42 Å². The molecular formula is C20H20N4O. The lowest BCUT2D eigenvalue weighted by molar-refractivity contribution is 0.101. The Hall–Kier alpha value is -3.21. The molecule has 0 aliphatic rings. The van der Waals surface area contributed by atoms with Crippen molar-refractivity contribution in [1.82, 2.24) is 9.97 Å². The fourth-order valence-electron chi connectivity index (χ4n) is 2.44. The van der Waals surface area contributed by atoms with E-state index in [1.54, 1.807) is 25.3 Å². The summed E-state index contributed by atoms with van der Waals surface area (Å²) in [4.78, 5) is 20.2. The van der Waals surface area contributed by atoms with Crippen LogP contribution in [0.3, 0.4) is 0 Å². The molecule has 0 bridgehead atoms. The van der Waals surface area contributed by atoms with Crippen LogP contribution in [0.2, 0.25) is 0 Å². The molecule has 0 fully saturated rings. The third kappa shape index (κ3) is 4.88. The van der Waals surface area contributed by atoms with Crippen molar-refractivity contribution in [1.29, 1.82) is 0 Å². The van der Waals surface area contributed by atoms with E-state index in [0.29, 0.717) is 11.5 Å². The minimum atomic E-state index is 0.0286. The Kier molecular flexibility index (Phi) is 5.36. The summed E-state index contributed by atoms with van der Waals surface area (Å²) in [7, 11) is 0. The van der Waals surface area contributed by atoms with Gasteiger partial charge >= 0.3 is 0 Å². The molecule has 0 aliphatic heterocycles. The van der Waals surface area contributed by atoms with Gasteiger partial charge in [0, 0.05) is 24.0 Å². The van der Waals surface area contributed by atoms with Gasteiger partial charge in [0.1, 0.15) is 5.82 Å². The third-order valence-corrected chi connectivity index (χ3v) is 3.74. The van der Waals surface area contributed by atoms with Gasteiger partial charge in [-0.1, -0.05) is 42.5 Å². The number of rotatable bonds is 7. The summed E-state index contributed by atoms with van der Waals surface area (Å²) in [5, 5.41) is 6.44. The lowest BCUT2D eigenvalue weighted by Gasteiger charge is -2.09. The summed E-state index contributed by atoms with van der Waals surface area (Å²) in [5.74, 6) is 1.28. The van der Waals surface area contributed by atoms with E-state index in [4.69, 9.17) is 0 Å². The van der Waals surface area contributed by atoms with E-state index in [-0.39, 0.29) is 5.78 Å². The van der Waals surface area contributed by atoms with Gasteiger partial charge in [0.2, 0.25) is 5.95 Å². The number of carbonyl (C=O) groups is 1. The zero-order valence-corrected chi connectivity index (χ0v) is 14.1. The van der Waals surface area contributed by atoms with Crippen molar-refractivity contribution in [3.8, 4) is 0 Å². The first-order chi connectivity index (χ1) is 12.2. The maximum absolute atomic E-state index is 11.5. The van der Waals surface area contributed by atoms with Crippen LogP contribution >= 0.6 is 0 Å². The number of aromatic nitrogens is 2. The number of nitrogens with one attached hydrogen (secondary N) is 2. The van der Waals surface area contributed by atoms with E-state index in [0.717, 1.165) is 24.5 Å². The van der Waals surface area contributed by atoms with Gasteiger partial charge in [0.15, 0.2) is 5.78 Å². The van der Waals surface area contributed by atoms with Crippen molar-refractivity contribution in [3.05, 3.63) is 78.0 Å². The Bertz CT molecular complexity index is 849. The quantitative estimate of drug-likeness (QED) is 0.638. The van der Waals surface area contributed by atoms with Crippen molar-refractivity contribution in [2.24, 2.45) is 0 Å². The molecule has 5 heteroatoms. The second-order valence-corrected chi connectivity index (χ2v) is 5.69. The number of benzene rings is 2. The molecule has 2 N–H and O–H groups in total. The molecule has 126 valence electrons. The molecule has 1 heterocycles. The minimum Gasteiger partial charge on any atom is -0.370 e. The molecule has 0 spiro atoms. The summed E-state index contributed by atoms with van der Waals surface area (Å²) in [6.45, 7) is 2.34. The van der Waals surface area contributed by atoms with E-state index in [1.807, 2.05) is 36.4 Å². The van der Waals surface area contributed by atoms with Crippen LogP contribution in [0.1, 0.15) is 22.8 Å². The van der Waals surface area contributed by atoms with E-state index >= 15 is 0 Å². The van der Waals surface area contributed by atoms with Crippen molar-refractivity contribution in [2.45, 2.75) is 13.3 Å². The molecule has 0 radical (unpaired) electrons. The third-order valence-electron chi connectivity index (χ3n) is 3.74. The molecule has 3 aromatic rings. The topological polar surface area (TPSA) is 66.9 Å². The molecule has 0 atom stereocenters. The minimum absolute atomic E-state index is 0.0286. The number of carbonyl (C=O) groups excluding carboxylic acids is 1. The highest BCUT2D eigenvalue weighted by Gasteiger charge is 2.03. The highest BCUT2D eigenvalue weighted by Crippen LogP contribution is 2.16. The normalized spacial score (nSPS) is 10.3. The fraction of sp³-hybridized carbons (Fsp3) is 0.150. The van der Waals surface area contributed by atoms with Gasteiger partial charge in [0.25, 0.3) is 0 Å². The van der Waals surface area contributed by atoms with Crippen LogP contribution in [0.25, 0.3) is 0 Å². The van der Waals surface area contributed by atoms with Crippen LogP contribution in [0.4, 0.5) is 17.5 Å². The number of anilines is 3. The molecule has 3 rings (SSSR count). The molecule has 1 aromatic heterocycles. The first kappa shape index (κ1) is 16.6. The van der Waals surface area contributed by atoms with E-state index in [2.05, 4.69) is 32.7 Å². The fourth-order valence-corrected chi connectivity index (χ4v) is 2.44. The van der Waals surface area contributed by atoms with Crippen LogP contribution in [0.15, 0.2) is 66.9 Å². The number of Topliss-reactive ketones (excluding diaryl/α,β-unsaturated/α-hetero) is 1. The predicted octanol–water partition coefficient (Wildman–Crippen LogP) is 4.08. The first-order valence-electron chi connectivity index (χ1n) is 8.19. The largest absolute Gasteiger partial charge is 0.370 e. The maximum Gasteiger partial charge on any atom is 0.229 e. The molecular weight excluding hydrogens is 312 g/mol. The Morgan fingerprint density at radius 2 is 1.88 bits per heavy atom. The van der Waals surface area contributed by atoms with Gasteiger partial charge in [-0.2, -0.15) is 4.98 Å². The van der Waals surface area contributed by atoms with Crippen LogP contribution < -0.4 is 10.6 Å². The molecule has 0 aliphatic carbocycles. The van der Waals surface area contributed by atoms with E-state index in [9.17, 15) is 4.79 Å². The summed E-state index contributed by atoms with van der Waals surface area (Å²) < 4.78 is 0. The number of hydrogen-bond acceptors (Lipinski definition) is 5. The zero-order valence-electron chi connectivity index (χ0n) is 14.1. The molecule has 0 saturated heterocycles. The van der Waals surface area contributed by atoms with Crippen molar-refractivity contribution in [2.75, 3.05) is 17.2 Å². The first-order valence-corrected chi connectivity index (χ1v) is 8.19. The highest BCUT2D eigenvalue weighted by molar-refractivity contribution is 5.95. The van der Waals surface area contributed by atoms with Crippen LogP contribution in [0.5, 0.6) is 0 Å². The summed E-state index contributed by atoms with van der Waals surface area (Å²) >= 11 is 0. The van der Waals surface area contributed by atoms with E-state index < -0.39 is 0 Å². The number of ketones is 1. The monoisotopic (exact) mass is 332 g/mol. The molecule has 25 heavy (non-hydrogen) atoms. The van der Waals surface area contributed by atoms with Gasteiger partial charge in [-0.25, -0.2) is 4.98 Å². The van der Waals surface area contributed by atoms with Gasteiger partial charge in [0.05, 0.1) is 0 Å². The molecule has 2 aromatic carbocycles. The second kappa shape index (κ2) is 8.06. The summed E-state index contributed by atoms with van der Waals surface area (Å²) in [6, 6.07) is 19.4. The average molecular weight is 332 g/mol. The average Bonchev–Trinajstić information content (AvgIpc) is 2.63. The molecule has 0 unspecified atom stereocenters. The highest BCUT2D eigenvalue weighted by atomic mass is 16.1. The molecule has 0 saturated carbocycles. The lowest BCUT2D eigenvalue weighted by Crippen LogP contribution is -2.07. The van der Waals surface area contributed by atoms with Crippen molar-refractivity contribution < 1.29 is 4.79 Å². The van der Waals surface area contributed by atoms with Crippen molar-refractivity contribution >= 4 is 23.2 Å². The zero-order chi connectivity index (χ0) is 17.5. The predicted molar refractivity (Wildman–Crippen MR) is 100 cm³/mol.